The minimum atomic E-state index is -0.425. The van der Waals surface area contributed by atoms with E-state index in [9.17, 15) is 9.59 Å². The van der Waals surface area contributed by atoms with Crippen molar-refractivity contribution in [2.45, 2.75) is 43.9 Å². The zero-order chi connectivity index (χ0) is 14.8. The molecule has 21 heavy (non-hydrogen) atoms. The summed E-state index contributed by atoms with van der Waals surface area (Å²) in [6, 6.07) is 0. The molecule has 0 radical (unpaired) electrons. The van der Waals surface area contributed by atoms with E-state index in [2.05, 4.69) is 10.3 Å². The number of hydrogen-bond donors (Lipinski definition) is 2. The van der Waals surface area contributed by atoms with Crippen LogP contribution in [0.2, 0.25) is 0 Å². The lowest BCUT2D eigenvalue weighted by molar-refractivity contribution is 0.0939. The molecule has 1 aromatic heterocycles. The van der Waals surface area contributed by atoms with Crippen molar-refractivity contribution in [2.75, 3.05) is 12.3 Å². The van der Waals surface area contributed by atoms with Crippen molar-refractivity contribution < 1.29 is 4.79 Å². The van der Waals surface area contributed by atoms with Crippen LogP contribution in [0.1, 0.15) is 37.0 Å². The van der Waals surface area contributed by atoms with Gasteiger partial charge in [0.1, 0.15) is 5.56 Å². The number of fused-ring (bicyclic) bond motifs is 1. The molecule has 2 heterocycles. The molecule has 0 aliphatic carbocycles. The number of nitrogens with two attached hydrogens (primary N) is 1. The number of rotatable bonds is 5. The molecule has 0 saturated heterocycles. The fourth-order valence-corrected chi connectivity index (χ4v) is 2.94. The Kier molecular flexibility index (Phi) is 6.24. The molecule has 6 nitrogen and oxygen atoms in total. The summed E-state index contributed by atoms with van der Waals surface area (Å²) < 4.78 is 1.55. The van der Waals surface area contributed by atoms with E-state index in [1.54, 1.807) is 4.57 Å². The maximum atomic E-state index is 12.2. The number of thioether (sulfide) groups is 1. The molecule has 3 N–H and O–H groups in total. The van der Waals surface area contributed by atoms with Crippen LogP contribution in [0.5, 0.6) is 0 Å². The largest absolute Gasteiger partial charge is 0.350 e. The molecular formula is C13H21ClN4O2S. The highest BCUT2D eigenvalue weighted by Gasteiger charge is 2.24. The van der Waals surface area contributed by atoms with Gasteiger partial charge in [0.25, 0.3) is 11.5 Å². The molecule has 8 heteroatoms. The Balaban J connectivity index is 0.00000220. The fraction of sp³-hybridized carbons (Fsp3) is 0.615. The summed E-state index contributed by atoms with van der Waals surface area (Å²) in [4.78, 5) is 28.5. The Labute approximate surface area is 134 Å². The highest BCUT2D eigenvalue weighted by atomic mass is 35.5. The fourth-order valence-electron chi connectivity index (χ4n) is 2.02. The van der Waals surface area contributed by atoms with Gasteiger partial charge in [0, 0.05) is 30.6 Å². The summed E-state index contributed by atoms with van der Waals surface area (Å²) in [6.45, 7) is 4.93. The normalized spacial score (nSPS) is 13.5. The van der Waals surface area contributed by atoms with E-state index in [0.717, 1.165) is 18.6 Å². The first-order valence-electron chi connectivity index (χ1n) is 6.80. The Morgan fingerprint density at radius 1 is 1.52 bits per heavy atom. The van der Waals surface area contributed by atoms with Crippen LogP contribution in [0.15, 0.2) is 16.1 Å². The first-order chi connectivity index (χ1) is 9.50. The number of hydrogen-bond acceptors (Lipinski definition) is 5. The van der Waals surface area contributed by atoms with Gasteiger partial charge >= 0.3 is 0 Å². The predicted molar refractivity (Wildman–Crippen MR) is 86.3 cm³/mol. The monoisotopic (exact) mass is 332 g/mol. The lowest BCUT2D eigenvalue weighted by Crippen LogP contribution is -2.50. The van der Waals surface area contributed by atoms with Crippen molar-refractivity contribution in [3.8, 4) is 0 Å². The van der Waals surface area contributed by atoms with Crippen molar-refractivity contribution in [3.63, 3.8) is 0 Å². The van der Waals surface area contributed by atoms with E-state index < -0.39 is 11.4 Å². The lowest BCUT2D eigenvalue weighted by Gasteiger charge is -2.26. The van der Waals surface area contributed by atoms with E-state index in [1.807, 2.05) is 13.8 Å². The van der Waals surface area contributed by atoms with Crippen molar-refractivity contribution in [1.29, 1.82) is 0 Å². The molecule has 0 fully saturated rings. The summed E-state index contributed by atoms with van der Waals surface area (Å²) in [7, 11) is 0. The zero-order valence-corrected chi connectivity index (χ0v) is 13.9. The van der Waals surface area contributed by atoms with Crippen LogP contribution in [-0.2, 0) is 6.54 Å². The quantitative estimate of drug-likeness (QED) is 0.786. The summed E-state index contributed by atoms with van der Waals surface area (Å²) in [5.41, 5.74) is 5.53. The average molecular weight is 333 g/mol. The second-order valence-corrected chi connectivity index (χ2v) is 6.07. The number of halogens is 1. The Morgan fingerprint density at radius 3 is 2.81 bits per heavy atom. The van der Waals surface area contributed by atoms with E-state index in [1.165, 1.54) is 18.0 Å². The molecule has 118 valence electrons. The number of nitrogens with one attached hydrogen (secondary N) is 1. The van der Waals surface area contributed by atoms with Crippen molar-refractivity contribution in [2.24, 2.45) is 5.73 Å². The Bertz CT molecular complexity index is 572. The van der Waals surface area contributed by atoms with Gasteiger partial charge in [-0.2, -0.15) is 0 Å². The molecule has 0 bridgehead atoms. The number of amides is 1. The summed E-state index contributed by atoms with van der Waals surface area (Å²) in [6.07, 6.45) is 2.89. The van der Waals surface area contributed by atoms with Crippen molar-refractivity contribution in [1.82, 2.24) is 14.9 Å². The first-order valence-corrected chi connectivity index (χ1v) is 7.79. The van der Waals surface area contributed by atoms with Gasteiger partial charge in [-0.3, -0.25) is 14.2 Å². The first kappa shape index (κ1) is 18.0. The van der Waals surface area contributed by atoms with Crippen LogP contribution in [-0.4, -0.2) is 33.3 Å². The van der Waals surface area contributed by atoms with Crippen LogP contribution in [0, 0.1) is 0 Å². The number of nitrogens with zero attached hydrogens (tertiary/aromatic N) is 2. The van der Waals surface area contributed by atoms with Crippen LogP contribution < -0.4 is 16.6 Å². The molecule has 0 unspecified atom stereocenters. The van der Waals surface area contributed by atoms with Crippen molar-refractivity contribution in [3.05, 3.63) is 22.1 Å². The third-order valence-corrected chi connectivity index (χ3v) is 4.78. The summed E-state index contributed by atoms with van der Waals surface area (Å²) in [5.74, 6) is 0.427. The smallest absolute Gasteiger partial charge is 0.267 e. The number of carbonyl (C=O) groups excluding carboxylic acids is 1. The molecule has 1 aromatic rings. The second kappa shape index (κ2) is 7.29. The van der Waals surface area contributed by atoms with E-state index in [4.69, 9.17) is 5.73 Å². The Morgan fingerprint density at radius 2 is 2.19 bits per heavy atom. The highest BCUT2D eigenvalue weighted by Crippen LogP contribution is 2.20. The van der Waals surface area contributed by atoms with Gasteiger partial charge in [0.15, 0.2) is 5.16 Å². The third-order valence-electron chi connectivity index (χ3n) is 3.81. The lowest BCUT2D eigenvalue weighted by atomic mass is 9.94. The topological polar surface area (TPSA) is 90.0 Å². The molecule has 0 aromatic carbocycles. The van der Waals surface area contributed by atoms with Gasteiger partial charge in [0.2, 0.25) is 0 Å². The standard InChI is InChI=1S/C13H20N4O2S.ClH/c1-3-13(14,4-2)8-16-10(18)9-7-15-12-17(11(9)19)5-6-20-12;/h7H,3-6,8,14H2,1-2H3,(H,16,18);1H. The molecule has 1 aliphatic heterocycles. The average Bonchev–Trinajstić information content (AvgIpc) is 2.94. The van der Waals surface area contributed by atoms with E-state index in [0.29, 0.717) is 18.2 Å². The van der Waals surface area contributed by atoms with Gasteiger partial charge in [0.05, 0.1) is 0 Å². The van der Waals surface area contributed by atoms with E-state index >= 15 is 0 Å². The van der Waals surface area contributed by atoms with Crippen LogP contribution in [0.4, 0.5) is 0 Å². The molecular weight excluding hydrogens is 312 g/mol. The van der Waals surface area contributed by atoms with Gasteiger partial charge in [-0.15, -0.1) is 12.4 Å². The van der Waals surface area contributed by atoms with Crippen LogP contribution in [0.3, 0.4) is 0 Å². The molecule has 1 aliphatic rings. The summed E-state index contributed by atoms with van der Waals surface area (Å²) in [5, 5.41) is 3.43. The van der Waals surface area contributed by atoms with Gasteiger partial charge < -0.3 is 11.1 Å². The summed E-state index contributed by atoms with van der Waals surface area (Å²) >= 11 is 1.53. The molecule has 0 atom stereocenters. The molecule has 2 rings (SSSR count). The molecule has 0 spiro atoms. The SMILES string of the molecule is CCC(N)(CC)CNC(=O)c1cnc2n(c1=O)CCS2.Cl. The van der Waals surface area contributed by atoms with Gasteiger partial charge in [-0.05, 0) is 12.8 Å². The van der Waals surface area contributed by atoms with Crippen LogP contribution >= 0.6 is 24.2 Å². The van der Waals surface area contributed by atoms with Gasteiger partial charge in [-0.25, -0.2) is 4.98 Å². The van der Waals surface area contributed by atoms with Gasteiger partial charge in [-0.1, -0.05) is 25.6 Å². The zero-order valence-electron chi connectivity index (χ0n) is 12.2. The minimum Gasteiger partial charge on any atom is -0.350 e. The van der Waals surface area contributed by atoms with Crippen molar-refractivity contribution >= 4 is 30.1 Å². The van der Waals surface area contributed by atoms with Crippen LogP contribution in [0.25, 0.3) is 0 Å². The third kappa shape index (κ3) is 3.78. The molecule has 1 amide bonds. The maximum absolute atomic E-state index is 12.2. The van der Waals surface area contributed by atoms with E-state index in [-0.39, 0.29) is 23.5 Å². The second-order valence-electron chi connectivity index (χ2n) is 5.01. The maximum Gasteiger partial charge on any atom is 0.267 e. The number of aromatic nitrogens is 2. The number of carbonyl (C=O) groups is 1. The predicted octanol–water partition coefficient (Wildman–Crippen LogP) is 1.02. The highest BCUT2D eigenvalue weighted by molar-refractivity contribution is 7.99. The minimum absolute atomic E-state index is 0. The Hall–Kier alpha value is -1.05. The molecule has 0 saturated carbocycles.